The lowest BCUT2D eigenvalue weighted by Gasteiger charge is -2.16. The van der Waals surface area contributed by atoms with Gasteiger partial charge < -0.3 is 14.8 Å². The number of hydrogen-bond acceptors (Lipinski definition) is 3. The van der Waals surface area contributed by atoms with Crippen LogP contribution in [0.15, 0.2) is 36.4 Å². The predicted octanol–water partition coefficient (Wildman–Crippen LogP) is 4.38. The maximum atomic E-state index is 13.0. The molecular formula is C18H19ClFNO3. The molecule has 0 aliphatic carbocycles. The fourth-order valence-corrected chi connectivity index (χ4v) is 2.52. The van der Waals surface area contributed by atoms with Crippen LogP contribution in [-0.4, -0.2) is 19.6 Å². The van der Waals surface area contributed by atoms with Crippen molar-refractivity contribution in [1.82, 2.24) is 5.32 Å². The Labute approximate surface area is 145 Å². The Bertz CT molecular complexity index is 719. The van der Waals surface area contributed by atoms with Crippen LogP contribution in [0.2, 0.25) is 5.02 Å². The minimum absolute atomic E-state index is 0.283. The van der Waals surface area contributed by atoms with E-state index < -0.39 is 0 Å². The van der Waals surface area contributed by atoms with Crippen LogP contribution in [0.25, 0.3) is 0 Å². The average Bonchev–Trinajstić information content (AvgIpc) is 2.57. The highest BCUT2D eigenvalue weighted by Crippen LogP contribution is 2.36. The van der Waals surface area contributed by atoms with E-state index in [9.17, 15) is 9.18 Å². The minimum Gasteiger partial charge on any atom is -0.493 e. The summed E-state index contributed by atoms with van der Waals surface area (Å²) < 4.78 is 23.7. The van der Waals surface area contributed by atoms with E-state index in [1.165, 1.54) is 25.3 Å². The average molecular weight is 352 g/mol. The second-order valence-electron chi connectivity index (χ2n) is 5.17. The van der Waals surface area contributed by atoms with Crippen molar-refractivity contribution in [2.75, 3.05) is 13.7 Å². The highest BCUT2D eigenvalue weighted by molar-refractivity contribution is 6.32. The second kappa shape index (κ2) is 8.02. The molecule has 1 amide bonds. The number of hydrogen-bond donors (Lipinski definition) is 1. The first-order valence-electron chi connectivity index (χ1n) is 7.53. The summed E-state index contributed by atoms with van der Waals surface area (Å²) in [6.45, 7) is 4.09. The molecule has 2 aromatic rings. The molecule has 2 aromatic carbocycles. The molecule has 0 heterocycles. The van der Waals surface area contributed by atoms with Gasteiger partial charge in [0.25, 0.3) is 5.91 Å². The number of benzene rings is 2. The van der Waals surface area contributed by atoms with Crippen molar-refractivity contribution < 1.29 is 18.7 Å². The molecule has 0 saturated heterocycles. The fourth-order valence-electron chi connectivity index (χ4n) is 2.25. The van der Waals surface area contributed by atoms with Crippen molar-refractivity contribution >= 4 is 17.5 Å². The summed E-state index contributed by atoms with van der Waals surface area (Å²) in [6.07, 6.45) is 0. The lowest BCUT2D eigenvalue weighted by Crippen LogP contribution is -2.26. The SMILES string of the molecule is CCOc1c(Cl)cc(C(=O)NC(C)c2ccc(F)cc2)cc1OC. The molecule has 1 atom stereocenters. The molecule has 0 aromatic heterocycles. The lowest BCUT2D eigenvalue weighted by atomic mass is 10.1. The molecule has 4 nitrogen and oxygen atoms in total. The van der Waals surface area contributed by atoms with Gasteiger partial charge in [-0.15, -0.1) is 0 Å². The van der Waals surface area contributed by atoms with E-state index in [4.69, 9.17) is 21.1 Å². The Hall–Kier alpha value is -2.27. The second-order valence-corrected chi connectivity index (χ2v) is 5.58. The van der Waals surface area contributed by atoms with Crippen LogP contribution in [0.3, 0.4) is 0 Å². The first kappa shape index (κ1) is 18.1. The van der Waals surface area contributed by atoms with E-state index in [0.29, 0.717) is 28.7 Å². The number of rotatable bonds is 6. The summed E-state index contributed by atoms with van der Waals surface area (Å²) in [6, 6.07) is 8.79. The molecule has 0 radical (unpaired) electrons. The van der Waals surface area contributed by atoms with Crippen LogP contribution in [0.5, 0.6) is 11.5 Å². The molecular weight excluding hydrogens is 333 g/mol. The number of halogens is 2. The molecule has 0 spiro atoms. The van der Waals surface area contributed by atoms with Gasteiger partial charge in [0, 0.05) is 5.56 Å². The van der Waals surface area contributed by atoms with E-state index in [2.05, 4.69) is 5.32 Å². The Morgan fingerprint density at radius 3 is 2.54 bits per heavy atom. The van der Waals surface area contributed by atoms with Crippen molar-refractivity contribution in [3.63, 3.8) is 0 Å². The summed E-state index contributed by atoms with van der Waals surface area (Å²) in [4.78, 5) is 12.4. The third-order valence-corrected chi connectivity index (χ3v) is 3.78. The predicted molar refractivity (Wildman–Crippen MR) is 91.5 cm³/mol. The van der Waals surface area contributed by atoms with Gasteiger partial charge >= 0.3 is 0 Å². The van der Waals surface area contributed by atoms with Gasteiger partial charge in [0.2, 0.25) is 0 Å². The number of carbonyl (C=O) groups is 1. The van der Waals surface area contributed by atoms with Crippen molar-refractivity contribution in [3.8, 4) is 11.5 Å². The number of carbonyl (C=O) groups excluding carboxylic acids is 1. The van der Waals surface area contributed by atoms with Crippen LogP contribution in [0, 0.1) is 5.82 Å². The van der Waals surface area contributed by atoms with Crippen molar-refractivity contribution in [1.29, 1.82) is 0 Å². The molecule has 0 aliphatic rings. The third kappa shape index (κ3) is 4.17. The van der Waals surface area contributed by atoms with Gasteiger partial charge in [0.15, 0.2) is 11.5 Å². The largest absolute Gasteiger partial charge is 0.493 e. The zero-order valence-corrected chi connectivity index (χ0v) is 14.5. The van der Waals surface area contributed by atoms with Gasteiger partial charge in [0.1, 0.15) is 5.82 Å². The Morgan fingerprint density at radius 2 is 1.96 bits per heavy atom. The summed E-state index contributed by atoms with van der Waals surface area (Å²) in [5.41, 5.74) is 1.16. The smallest absolute Gasteiger partial charge is 0.251 e. The van der Waals surface area contributed by atoms with Crippen molar-refractivity contribution in [3.05, 3.63) is 58.4 Å². The molecule has 6 heteroatoms. The summed E-state index contributed by atoms with van der Waals surface area (Å²) in [5.74, 6) is 0.170. The fraction of sp³-hybridized carbons (Fsp3) is 0.278. The molecule has 0 fully saturated rings. The van der Waals surface area contributed by atoms with Crippen LogP contribution in [0.1, 0.15) is 35.8 Å². The summed E-state index contributed by atoms with van der Waals surface area (Å²) >= 11 is 6.18. The molecule has 0 bridgehead atoms. The first-order valence-corrected chi connectivity index (χ1v) is 7.90. The van der Waals surface area contributed by atoms with Gasteiger partial charge in [-0.2, -0.15) is 0 Å². The normalized spacial score (nSPS) is 11.7. The number of nitrogens with one attached hydrogen (secondary N) is 1. The van der Waals surface area contributed by atoms with Gasteiger partial charge in [0.05, 0.1) is 24.8 Å². The monoisotopic (exact) mass is 351 g/mol. The van der Waals surface area contributed by atoms with Gasteiger partial charge in [-0.3, -0.25) is 4.79 Å². The van der Waals surface area contributed by atoms with Crippen molar-refractivity contribution in [2.24, 2.45) is 0 Å². The van der Waals surface area contributed by atoms with E-state index in [-0.39, 0.29) is 17.8 Å². The summed E-state index contributed by atoms with van der Waals surface area (Å²) in [7, 11) is 1.48. The molecule has 24 heavy (non-hydrogen) atoms. The topological polar surface area (TPSA) is 47.6 Å². The molecule has 0 saturated carbocycles. The zero-order valence-electron chi connectivity index (χ0n) is 13.7. The Morgan fingerprint density at radius 1 is 1.29 bits per heavy atom. The first-order chi connectivity index (χ1) is 11.5. The minimum atomic E-state index is -0.319. The van der Waals surface area contributed by atoms with E-state index >= 15 is 0 Å². The molecule has 128 valence electrons. The number of ether oxygens (including phenoxy) is 2. The molecule has 1 N–H and O–H groups in total. The number of methoxy groups -OCH3 is 1. The highest BCUT2D eigenvalue weighted by Gasteiger charge is 2.17. The lowest BCUT2D eigenvalue weighted by molar-refractivity contribution is 0.0939. The van der Waals surface area contributed by atoms with E-state index in [1.54, 1.807) is 18.2 Å². The quantitative estimate of drug-likeness (QED) is 0.840. The molecule has 0 aliphatic heterocycles. The van der Waals surface area contributed by atoms with Crippen LogP contribution >= 0.6 is 11.6 Å². The maximum absolute atomic E-state index is 13.0. The van der Waals surface area contributed by atoms with Gasteiger partial charge in [-0.25, -0.2) is 4.39 Å². The van der Waals surface area contributed by atoms with Crippen molar-refractivity contribution in [2.45, 2.75) is 19.9 Å². The Kier molecular flexibility index (Phi) is 6.04. The van der Waals surface area contributed by atoms with E-state index in [0.717, 1.165) is 5.56 Å². The molecule has 1 unspecified atom stereocenters. The third-order valence-electron chi connectivity index (χ3n) is 3.50. The maximum Gasteiger partial charge on any atom is 0.251 e. The van der Waals surface area contributed by atoms with Gasteiger partial charge in [-0.05, 0) is 43.7 Å². The number of amides is 1. The van der Waals surface area contributed by atoms with E-state index in [1.807, 2.05) is 13.8 Å². The van der Waals surface area contributed by atoms with Crippen LogP contribution < -0.4 is 14.8 Å². The highest BCUT2D eigenvalue weighted by atomic mass is 35.5. The molecule has 2 rings (SSSR count). The standard InChI is InChI=1S/C18H19ClFNO3/c1-4-24-17-15(19)9-13(10-16(17)23-3)18(22)21-11(2)12-5-7-14(20)8-6-12/h5-11H,4H2,1-3H3,(H,21,22). The Balaban J connectivity index is 2.20. The summed E-state index contributed by atoms with van der Waals surface area (Å²) in [5, 5.41) is 3.15. The van der Waals surface area contributed by atoms with Crippen LogP contribution in [-0.2, 0) is 0 Å². The van der Waals surface area contributed by atoms with Gasteiger partial charge in [-0.1, -0.05) is 23.7 Å². The van der Waals surface area contributed by atoms with Crippen LogP contribution in [0.4, 0.5) is 4.39 Å². The zero-order chi connectivity index (χ0) is 17.7.